The summed E-state index contributed by atoms with van der Waals surface area (Å²) >= 11 is 0. The maximum absolute atomic E-state index is 12.1. The fourth-order valence-corrected chi connectivity index (χ4v) is 1.77. The van der Waals surface area contributed by atoms with Gasteiger partial charge in [-0.1, -0.05) is 0 Å². The molecule has 3 rings (SSSR count). The van der Waals surface area contributed by atoms with Crippen LogP contribution in [0.2, 0.25) is 0 Å². The summed E-state index contributed by atoms with van der Waals surface area (Å²) in [4.78, 5) is 19.7. The van der Waals surface area contributed by atoms with Gasteiger partial charge in [0.15, 0.2) is 5.69 Å². The number of carbonyl (C=O) groups excluding carboxylic acids is 1. The van der Waals surface area contributed by atoms with Gasteiger partial charge in [-0.25, -0.2) is 14.6 Å². The van der Waals surface area contributed by atoms with Crippen LogP contribution in [-0.2, 0) is 0 Å². The molecule has 2 aromatic heterocycles. The Morgan fingerprint density at radius 1 is 1.10 bits per heavy atom. The number of benzene rings is 1. The van der Waals surface area contributed by atoms with Gasteiger partial charge < -0.3 is 11.1 Å². The standard InChI is InChI=1S/C14H12N6O/c15-10-1-3-12(4-2-10)20-6-5-13(19-20)14(21)18-11-7-16-9-17-8-11/h1-9H,15H2,(H,18,21). The Hall–Kier alpha value is -3.22. The van der Waals surface area contributed by atoms with Crippen molar-refractivity contribution in [3.05, 3.63) is 60.9 Å². The van der Waals surface area contributed by atoms with Crippen LogP contribution in [-0.4, -0.2) is 25.7 Å². The monoisotopic (exact) mass is 280 g/mol. The van der Waals surface area contributed by atoms with Gasteiger partial charge in [0.2, 0.25) is 0 Å². The lowest BCUT2D eigenvalue weighted by molar-refractivity contribution is 0.102. The number of nitrogens with one attached hydrogen (secondary N) is 1. The molecule has 1 aromatic carbocycles. The number of nitrogens with two attached hydrogens (primary N) is 1. The van der Waals surface area contributed by atoms with Crippen LogP contribution in [0.5, 0.6) is 0 Å². The van der Waals surface area contributed by atoms with Crippen molar-refractivity contribution in [2.45, 2.75) is 0 Å². The number of nitrogens with zero attached hydrogens (tertiary/aromatic N) is 4. The van der Waals surface area contributed by atoms with Crippen molar-refractivity contribution < 1.29 is 4.79 Å². The molecular weight excluding hydrogens is 268 g/mol. The van der Waals surface area contributed by atoms with Gasteiger partial charge in [-0.05, 0) is 30.3 Å². The number of aromatic nitrogens is 4. The molecule has 2 heterocycles. The topological polar surface area (TPSA) is 98.7 Å². The van der Waals surface area contributed by atoms with Gasteiger partial charge in [0.05, 0.1) is 23.8 Å². The van der Waals surface area contributed by atoms with Gasteiger partial charge in [0.25, 0.3) is 5.91 Å². The highest BCUT2D eigenvalue weighted by molar-refractivity contribution is 6.02. The lowest BCUT2D eigenvalue weighted by atomic mass is 10.3. The number of anilines is 2. The minimum atomic E-state index is -0.320. The van der Waals surface area contributed by atoms with Crippen molar-refractivity contribution >= 4 is 17.3 Å². The third-order valence-corrected chi connectivity index (χ3v) is 2.80. The molecular formula is C14H12N6O. The van der Waals surface area contributed by atoms with E-state index in [1.165, 1.54) is 18.7 Å². The van der Waals surface area contributed by atoms with E-state index < -0.39 is 0 Å². The van der Waals surface area contributed by atoms with Crippen LogP contribution in [0.1, 0.15) is 10.5 Å². The SMILES string of the molecule is Nc1ccc(-n2ccc(C(=O)Nc3cncnc3)n2)cc1. The van der Waals surface area contributed by atoms with Crippen molar-refractivity contribution in [3.8, 4) is 5.69 Å². The van der Waals surface area contributed by atoms with Crippen LogP contribution >= 0.6 is 0 Å². The number of carbonyl (C=O) groups is 1. The Labute approximate surface area is 120 Å². The van der Waals surface area contributed by atoms with Gasteiger partial charge in [-0.2, -0.15) is 5.10 Å². The molecule has 0 radical (unpaired) electrons. The normalized spacial score (nSPS) is 10.3. The zero-order valence-electron chi connectivity index (χ0n) is 11.0. The molecule has 7 nitrogen and oxygen atoms in total. The van der Waals surface area contributed by atoms with Crippen LogP contribution in [0.25, 0.3) is 5.69 Å². The number of amides is 1. The summed E-state index contributed by atoms with van der Waals surface area (Å²) in [6.07, 6.45) is 6.14. The number of hydrogen-bond donors (Lipinski definition) is 2. The van der Waals surface area contributed by atoms with Crippen LogP contribution in [0.15, 0.2) is 55.2 Å². The summed E-state index contributed by atoms with van der Waals surface area (Å²) in [5, 5.41) is 6.90. The predicted octanol–water partition coefficient (Wildman–Crippen LogP) is 1.50. The quantitative estimate of drug-likeness (QED) is 0.708. The highest BCUT2D eigenvalue weighted by Crippen LogP contribution is 2.11. The fraction of sp³-hybridized carbons (Fsp3) is 0. The molecule has 0 aliphatic carbocycles. The average Bonchev–Trinajstić information content (AvgIpc) is 2.99. The molecule has 0 bridgehead atoms. The van der Waals surface area contributed by atoms with Crippen molar-refractivity contribution in [1.29, 1.82) is 0 Å². The first-order valence-corrected chi connectivity index (χ1v) is 6.20. The van der Waals surface area contributed by atoms with Crippen LogP contribution < -0.4 is 11.1 Å². The van der Waals surface area contributed by atoms with Crippen molar-refractivity contribution in [2.24, 2.45) is 0 Å². The summed E-state index contributed by atoms with van der Waals surface area (Å²) in [5.41, 5.74) is 7.96. The van der Waals surface area contributed by atoms with Crippen molar-refractivity contribution in [2.75, 3.05) is 11.1 Å². The van der Waals surface area contributed by atoms with Crippen LogP contribution in [0.4, 0.5) is 11.4 Å². The van der Waals surface area contributed by atoms with E-state index in [-0.39, 0.29) is 5.91 Å². The lowest BCUT2D eigenvalue weighted by Gasteiger charge is -2.02. The summed E-state index contributed by atoms with van der Waals surface area (Å²) in [5.74, 6) is -0.320. The van der Waals surface area contributed by atoms with E-state index in [9.17, 15) is 4.79 Å². The number of hydrogen-bond acceptors (Lipinski definition) is 5. The Morgan fingerprint density at radius 2 is 1.81 bits per heavy atom. The maximum atomic E-state index is 12.1. The molecule has 7 heteroatoms. The van der Waals surface area contributed by atoms with Gasteiger partial charge in [-0.3, -0.25) is 4.79 Å². The van der Waals surface area contributed by atoms with E-state index in [1.807, 2.05) is 12.1 Å². The Bertz CT molecular complexity index is 751. The molecule has 0 saturated heterocycles. The highest BCUT2D eigenvalue weighted by atomic mass is 16.1. The Balaban J connectivity index is 1.78. The van der Waals surface area contributed by atoms with E-state index in [4.69, 9.17) is 5.73 Å². The van der Waals surface area contributed by atoms with Crippen LogP contribution in [0.3, 0.4) is 0 Å². The van der Waals surface area contributed by atoms with Gasteiger partial charge in [-0.15, -0.1) is 0 Å². The zero-order chi connectivity index (χ0) is 14.7. The second-order valence-electron chi connectivity index (χ2n) is 4.32. The van der Waals surface area contributed by atoms with Gasteiger partial charge >= 0.3 is 0 Å². The molecule has 104 valence electrons. The molecule has 3 N–H and O–H groups in total. The summed E-state index contributed by atoms with van der Waals surface area (Å²) < 4.78 is 1.61. The Morgan fingerprint density at radius 3 is 2.52 bits per heavy atom. The first kappa shape index (κ1) is 12.8. The largest absolute Gasteiger partial charge is 0.399 e. The van der Waals surface area contributed by atoms with E-state index in [0.717, 1.165) is 5.69 Å². The molecule has 0 aliphatic heterocycles. The van der Waals surface area contributed by atoms with E-state index in [0.29, 0.717) is 17.1 Å². The maximum Gasteiger partial charge on any atom is 0.276 e. The third kappa shape index (κ3) is 2.86. The number of rotatable bonds is 3. The zero-order valence-corrected chi connectivity index (χ0v) is 11.0. The number of nitrogen functional groups attached to an aromatic ring is 1. The molecule has 0 aliphatic rings. The summed E-state index contributed by atoms with van der Waals surface area (Å²) in [6, 6.07) is 8.84. The average molecular weight is 280 g/mol. The van der Waals surface area contributed by atoms with Crippen molar-refractivity contribution in [3.63, 3.8) is 0 Å². The molecule has 3 aromatic rings. The first-order valence-electron chi connectivity index (χ1n) is 6.20. The molecule has 1 amide bonds. The first-order chi connectivity index (χ1) is 10.2. The predicted molar refractivity (Wildman–Crippen MR) is 78.0 cm³/mol. The van der Waals surface area contributed by atoms with E-state index in [2.05, 4.69) is 20.4 Å². The third-order valence-electron chi connectivity index (χ3n) is 2.80. The van der Waals surface area contributed by atoms with E-state index in [1.54, 1.807) is 29.1 Å². The second-order valence-corrected chi connectivity index (χ2v) is 4.32. The Kier molecular flexibility index (Phi) is 3.30. The minimum absolute atomic E-state index is 0.302. The molecule has 21 heavy (non-hydrogen) atoms. The molecule has 0 unspecified atom stereocenters. The second kappa shape index (κ2) is 5.41. The summed E-state index contributed by atoms with van der Waals surface area (Å²) in [6.45, 7) is 0. The molecule has 0 fully saturated rings. The highest BCUT2D eigenvalue weighted by Gasteiger charge is 2.10. The lowest BCUT2D eigenvalue weighted by Crippen LogP contribution is -2.13. The van der Waals surface area contributed by atoms with Gasteiger partial charge in [0, 0.05) is 11.9 Å². The molecule has 0 spiro atoms. The minimum Gasteiger partial charge on any atom is -0.399 e. The van der Waals surface area contributed by atoms with Crippen LogP contribution in [0, 0.1) is 0 Å². The molecule has 0 saturated carbocycles. The van der Waals surface area contributed by atoms with E-state index >= 15 is 0 Å². The molecule has 0 atom stereocenters. The summed E-state index contributed by atoms with van der Waals surface area (Å²) in [7, 11) is 0. The smallest absolute Gasteiger partial charge is 0.276 e. The van der Waals surface area contributed by atoms with Crippen molar-refractivity contribution in [1.82, 2.24) is 19.7 Å². The fourth-order valence-electron chi connectivity index (χ4n) is 1.77. The van der Waals surface area contributed by atoms with Gasteiger partial charge in [0.1, 0.15) is 6.33 Å².